The summed E-state index contributed by atoms with van der Waals surface area (Å²) < 4.78 is 17.4. The molecule has 9 heteroatoms. The van der Waals surface area contributed by atoms with Gasteiger partial charge in [0.2, 0.25) is 5.91 Å². The van der Waals surface area contributed by atoms with Crippen molar-refractivity contribution in [3.8, 4) is 11.5 Å². The van der Waals surface area contributed by atoms with Gasteiger partial charge in [0.1, 0.15) is 18.1 Å². The molecule has 0 saturated carbocycles. The molecule has 1 aliphatic rings. The first-order valence-electron chi connectivity index (χ1n) is 7.52. The summed E-state index contributed by atoms with van der Waals surface area (Å²) >= 11 is 0. The Balaban J connectivity index is 2.14. The third-order valence-corrected chi connectivity index (χ3v) is 3.70. The summed E-state index contributed by atoms with van der Waals surface area (Å²) in [6.45, 7) is 1.71. The molecule has 0 bridgehead atoms. The van der Waals surface area contributed by atoms with Gasteiger partial charge in [0.15, 0.2) is 5.72 Å². The van der Waals surface area contributed by atoms with E-state index in [4.69, 9.17) is 14.2 Å². The van der Waals surface area contributed by atoms with Gasteiger partial charge < -0.3 is 19.9 Å². The van der Waals surface area contributed by atoms with Crippen LogP contribution in [0.25, 0.3) is 0 Å². The number of hydrogen-bond acceptors (Lipinski definition) is 8. The summed E-state index contributed by atoms with van der Waals surface area (Å²) in [5.41, 5.74) is -0.454. The lowest BCUT2D eigenvalue weighted by molar-refractivity contribution is -0.231. The van der Waals surface area contributed by atoms with Crippen LogP contribution in [-0.4, -0.2) is 57.1 Å². The third kappa shape index (κ3) is 3.94. The number of benzene rings is 1. The molecular weight excluding hydrogens is 316 g/mol. The van der Waals surface area contributed by atoms with Gasteiger partial charge in [-0.15, -0.1) is 0 Å². The van der Waals surface area contributed by atoms with Gasteiger partial charge >= 0.3 is 0 Å². The summed E-state index contributed by atoms with van der Waals surface area (Å²) in [7, 11) is 5.13. The monoisotopic (exact) mass is 340 g/mol. The lowest BCUT2D eigenvalue weighted by atomic mass is 10.2. The molecule has 9 nitrogen and oxygen atoms in total. The lowest BCUT2D eigenvalue weighted by Gasteiger charge is -2.31. The SMILES string of the molecule is CNC1(NC)OC[C@](COc2cc(O)ccc2NC(C)=O)(NC)O1. The molecule has 0 spiro atoms. The molecule has 1 saturated heterocycles. The van der Waals surface area contributed by atoms with Crippen molar-refractivity contribution in [2.45, 2.75) is 18.7 Å². The second-order valence-electron chi connectivity index (χ2n) is 5.40. The summed E-state index contributed by atoms with van der Waals surface area (Å²) in [5, 5.41) is 21.2. The van der Waals surface area contributed by atoms with Gasteiger partial charge in [0.25, 0.3) is 6.03 Å². The van der Waals surface area contributed by atoms with Crippen LogP contribution in [0.5, 0.6) is 11.5 Å². The highest BCUT2D eigenvalue weighted by atomic mass is 16.8. The fourth-order valence-electron chi connectivity index (χ4n) is 2.31. The quantitative estimate of drug-likeness (QED) is 0.341. The molecule has 1 atom stereocenters. The minimum absolute atomic E-state index is 0.0287. The fraction of sp³-hybridized carbons (Fsp3) is 0.533. The van der Waals surface area contributed by atoms with Crippen LogP contribution in [0.2, 0.25) is 0 Å². The van der Waals surface area contributed by atoms with Crippen molar-refractivity contribution < 1.29 is 24.1 Å². The van der Waals surface area contributed by atoms with Crippen molar-refractivity contribution in [3.05, 3.63) is 18.2 Å². The van der Waals surface area contributed by atoms with Gasteiger partial charge in [-0.3, -0.25) is 25.5 Å². The second kappa shape index (κ2) is 7.32. The number of amides is 1. The normalized spacial score (nSPS) is 22.3. The summed E-state index contributed by atoms with van der Waals surface area (Å²) in [6.07, 6.45) is 0. The Morgan fingerprint density at radius 2 is 2.00 bits per heavy atom. The maximum atomic E-state index is 11.3. The maximum Gasteiger partial charge on any atom is 0.293 e. The number of hydrogen-bond donors (Lipinski definition) is 5. The van der Waals surface area contributed by atoms with E-state index in [0.717, 1.165) is 0 Å². The van der Waals surface area contributed by atoms with Crippen molar-refractivity contribution in [2.75, 3.05) is 39.7 Å². The van der Waals surface area contributed by atoms with E-state index in [9.17, 15) is 9.90 Å². The standard InChI is InChI=1S/C15H24N4O5/c1-10(20)19-12-6-5-11(21)7-13(12)22-8-14(16-2)9-23-15(17-3,18-4)24-14/h5-7,16-18,21H,8-9H2,1-4H3,(H,19,20)/t14-/m1/s1. The highest BCUT2D eigenvalue weighted by Gasteiger charge is 2.49. The first-order valence-corrected chi connectivity index (χ1v) is 7.52. The third-order valence-electron chi connectivity index (χ3n) is 3.70. The molecule has 0 unspecified atom stereocenters. The molecule has 24 heavy (non-hydrogen) atoms. The molecule has 134 valence electrons. The Morgan fingerprint density at radius 1 is 1.29 bits per heavy atom. The molecule has 0 radical (unpaired) electrons. The van der Waals surface area contributed by atoms with E-state index in [1.807, 2.05) is 0 Å². The molecule has 0 aliphatic carbocycles. The maximum absolute atomic E-state index is 11.3. The van der Waals surface area contributed by atoms with Crippen LogP contribution < -0.4 is 26.0 Å². The molecule has 1 aliphatic heterocycles. The molecule has 5 N–H and O–H groups in total. The lowest BCUT2D eigenvalue weighted by Crippen LogP contribution is -2.59. The van der Waals surface area contributed by atoms with E-state index in [2.05, 4.69) is 21.3 Å². The zero-order valence-corrected chi connectivity index (χ0v) is 14.2. The highest BCUT2D eigenvalue weighted by Crippen LogP contribution is 2.31. The topological polar surface area (TPSA) is 113 Å². The van der Waals surface area contributed by atoms with E-state index in [0.29, 0.717) is 11.4 Å². The van der Waals surface area contributed by atoms with Gasteiger partial charge in [-0.25, -0.2) is 0 Å². The Bertz CT molecular complexity index is 593. The van der Waals surface area contributed by atoms with Crippen LogP contribution in [0.3, 0.4) is 0 Å². The van der Waals surface area contributed by atoms with Crippen molar-refractivity contribution in [1.29, 1.82) is 0 Å². The number of likely N-dealkylation sites (N-methyl/N-ethyl adjacent to an activating group) is 1. The van der Waals surface area contributed by atoms with Crippen molar-refractivity contribution in [1.82, 2.24) is 16.0 Å². The van der Waals surface area contributed by atoms with Crippen LogP contribution >= 0.6 is 0 Å². The molecule has 1 aromatic rings. The van der Waals surface area contributed by atoms with E-state index >= 15 is 0 Å². The Labute approximate surface area is 140 Å². The minimum atomic E-state index is -1.12. The molecule has 2 rings (SSSR count). The summed E-state index contributed by atoms with van der Waals surface area (Å²) in [6, 6.07) is 3.34. The zero-order chi connectivity index (χ0) is 17.8. The number of carbonyl (C=O) groups excluding carboxylic acids is 1. The number of phenols is 1. The van der Waals surface area contributed by atoms with E-state index in [1.165, 1.54) is 19.1 Å². The van der Waals surface area contributed by atoms with Gasteiger partial charge in [-0.2, -0.15) is 0 Å². The summed E-state index contributed by atoms with van der Waals surface area (Å²) in [4.78, 5) is 11.3. The van der Waals surface area contributed by atoms with Crippen LogP contribution in [0.15, 0.2) is 18.2 Å². The number of carbonyl (C=O) groups is 1. The number of aromatic hydroxyl groups is 1. The van der Waals surface area contributed by atoms with Crippen molar-refractivity contribution >= 4 is 11.6 Å². The van der Waals surface area contributed by atoms with Gasteiger partial charge in [0, 0.05) is 13.0 Å². The average molecular weight is 340 g/mol. The Morgan fingerprint density at radius 3 is 2.54 bits per heavy atom. The number of anilines is 1. The molecule has 1 amide bonds. The molecular formula is C15H24N4O5. The summed E-state index contributed by atoms with van der Waals surface area (Å²) in [5.74, 6) is 0.120. The van der Waals surface area contributed by atoms with Crippen LogP contribution in [0, 0.1) is 0 Å². The largest absolute Gasteiger partial charge is 0.508 e. The van der Waals surface area contributed by atoms with Crippen LogP contribution in [0.1, 0.15) is 6.92 Å². The van der Waals surface area contributed by atoms with Crippen molar-refractivity contribution in [2.24, 2.45) is 0 Å². The fourth-order valence-corrected chi connectivity index (χ4v) is 2.31. The molecule has 1 fully saturated rings. The number of phenolic OH excluding ortho intramolecular Hbond substituents is 1. The predicted octanol–water partition coefficient (Wildman–Crippen LogP) is -0.258. The highest BCUT2D eigenvalue weighted by molar-refractivity contribution is 5.90. The molecule has 1 aromatic carbocycles. The zero-order valence-electron chi connectivity index (χ0n) is 14.2. The smallest absolute Gasteiger partial charge is 0.293 e. The molecule has 0 aromatic heterocycles. The first kappa shape index (κ1) is 18.4. The predicted molar refractivity (Wildman–Crippen MR) is 87.6 cm³/mol. The van der Waals surface area contributed by atoms with E-state index < -0.39 is 11.8 Å². The van der Waals surface area contributed by atoms with Gasteiger partial charge in [-0.05, 0) is 33.3 Å². The second-order valence-corrected chi connectivity index (χ2v) is 5.40. The minimum Gasteiger partial charge on any atom is -0.508 e. The van der Waals surface area contributed by atoms with Gasteiger partial charge in [0.05, 0.1) is 12.3 Å². The van der Waals surface area contributed by atoms with Crippen LogP contribution in [0.4, 0.5) is 5.69 Å². The Kier molecular flexibility index (Phi) is 5.62. The molecule has 1 heterocycles. The van der Waals surface area contributed by atoms with E-state index in [1.54, 1.807) is 27.2 Å². The average Bonchev–Trinajstić information content (AvgIpc) is 2.95. The number of ether oxygens (including phenoxy) is 3. The van der Waals surface area contributed by atoms with Gasteiger partial charge in [-0.1, -0.05) is 0 Å². The van der Waals surface area contributed by atoms with Crippen LogP contribution in [-0.2, 0) is 14.3 Å². The number of rotatable bonds is 7. The Hall–Kier alpha value is -1.91. The van der Waals surface area contributed by atoms with Crippen molar-refractivity contribution in [3.63, 3.8) is 0 Å². The first-order chi connectivity index (χ1) is 11.4. The van der Waals surface area contributed by atoms with E-state index in [-0.39, 0.29) is 24.9 Å². The number of nitrogens with one attached hydrogen (secondary N) is 4.